The SMILES string of the molecule is C=CC1(O)C(CC)[C@@H]2[C@@H](C#C[C@@H](O[Si](C)(C)C(C)(C)C)C3CCCCC3)[C@H](O[Si](C)(C)C(C)(C)C)CC[C@@H]21. The Morgan fingerprint density at radius 2 is 1.53 bits per heavy atom. The van der Waals surface area contributed by atoms with Crippen molar-refractivity contribution in [2.75, 3.05) is 0 Å². The van der Waals surface area contributed by atoms with Gasteiger partial charge in [-0.1, -0.05) is 85.6 Å². The van der Waals surface area contributed by atoms with E-state index in [9.17, 15) is 5.11 Å². The zero-order valence-corrected chi connectivity index (χ0v) is 28.7. The predicted octanol–water partition coefficient (Wildman–Crippen LogP) is 8.95. The third-order valence-electron chi connectivity index (χ3n) is 11.4. The molecule has 0 heterocycles. The van der Waals surface area contributed by atoms with Gasteiger partial charge < -0.3 is 14.0 Å². The topological polar surface area (TPSA) is 38.7 Å². The molecule has 0 radical (unpaired) electrons. The summed E-state index contributed by atoms with van der Waals surface area (Å²) < 4.78 is 14.2. The Labute approximate surface area is 238 Å². The average Bonchev–Trinajstić information content (AvgIpc) is 2.81. The number of hydrogen-bond acceptors (Lipinski definition) is 3. The maximum atomic E-state index is 11.5. The van der Waals surface area contributed by atoms with E-state index in [2.05, 4.69) is 93.1 Å². The Morgan fingerprint density at radius 1 is 0.947 bits per heavy atom. The van der Waals surface area contributed by atoms with Gasteiger partial charge in [-0.25, -0.2) is 0 Å². The summed E-state index contributed by atoms with van der Waals surface area (Å²) >= 11 is 0. The van der Waals surface area contributed by atoms with E-state index in [-0.39, 0.29) is 40.0 Å². The highest BCUT2D eigenvalue weighted by Gasteiger charge is 2.63. The zero-order chi connectivity index (χ0) is 28.7. The van der Waals surface area contributed by atoms with Crippen LogP contribution in [0.15, 0.2) is 12.7 Å². The standard InChI is InChI=1S/C33H60O3Si2/c1-13-26-30-25(20-22-28(24-18-16-15-17-19-24)35-37(9,10)31(3,4)5)29(36-38(11,12)32(6,7)8)23-21-27(30)33(26,34)14-2/h14,24-30,34H,2,13,15-19,21,23H2,1,3-12H3/t25-,26?,27-,28+,29+,30-,33?/m0/s1. The lowest BCUT2D eigenvalue weighted by Gasteiger charge is -2.63. The molecule has 3 rings (SSSR count). The van der Waals surface area contributed by atoms with Crippen molar-refractivity contribution in [3.63, 3.8) is 0 Å². The molecule has 7 atom stereocenters. The molecule has 0 aromatic carbocycles. The molecule has 38 heavy (non-hydrogen) atoms. The van der Waals surface area contributed by atoms with Crippen molar-refractivity contribution in [1.82, 2.24) is 0 Å². The molecule has 0 spiro atoms. The molecule has 3 saturated carbocycles. The van der Waals surface area contributed by atoms with E-state index in [0.29, 0.717) is 11.8 Å². The van der Waals surface area contributed by atoms with Crippen LogP contribution in [0.1, 0.15) is 99.8 Å². The van der Waals surface area contributed by atoms with Crippen molar-refractivity contribution in [2.45, 2.75) is 154 Å². The highest BCUT2D eigenvalue weighted by molar-refractivity contribution is 6.74. The molecule has 5 heteroatoms. The Hall–Kier alpha value is -0.386. The minimum atomic E-state index is -1.96. The highest BCUT2D eigenvalue weighted by atomic mass is 28.4. The van der Waals surface area contributed by atoms with Crippen LogP contribution in [0.2, 0.25) is 36.3 Å². The van der Waals surface area contributed by atoms with Gasteiger partial charge in [0.05, 0.1) is 11.7 Å². The monoisotopic (exact) mass is 560 g/mol. The van der Waals surface area contributed by atoms with Crippen molar-refractivity contribution < 1.29 is 14.0 Å². The lowest BCUT2D eigenvalue weighted by Crippen LogP contribution is -2.67. The van der Waals surface area contributed by atoms with E-state index in [1.54, 1.807) is 0 Å². The van der Waals surface area contributed by atoms with Crippen LogP contribution in [0.5, 0.6) is 0 Å². The van der Waals surface area contributed by atoms with Crippen molar-refractivity contribution in [1.29, 1.82) is 0 Å². The van der Waals surface area contributed by atoms with E-state index in [4.69, 9.17) is 8.85 Å². The molecule has 3 nitrogen and oxygen atoms in total. The summed E-state index contributed by atoms with van der Waals surface area (Å²) in [5.74, 6) is 9.14. The smallest absolute Gasteiger partial charge is 0.193 e. The van der Waals surface area contributed by atoms with Crippen LogP contribution in [-0.2, 0) is 8.85 Å². The molecule has 3 aliphatic rings. The Morgan fingerprint density at radius 3 is 2.03 bits per heavy atom. The van der Waals surface area contributed by atoms with Crippen molar-refractivity contribution >= 4 is 16.6 Å². The third kappa shape index (κ3) is 6.25. The minimum Gasteiger partial charge on any atom is -0.413 e. The fourth-order valence-corrected chi connectivity index (χ4v) is 9.50. The zero-order valence-electron chi connectivity index (χ0n) is 26.7. The predicted molar refractivity (Wildman–Crippen MR) is 167 cm³/mol. The second-order valence-electron chi connectivity index (χ2n) is 15.8. The van der Waals surface area contributed by atoms with Gasteiger partial charge in [0.2, 0.25) is 0 Å². The van der Waals surface area contributed by atoms with Gasteiger partial charge in [0.15, 0.2) is 16.6 Å². The van der Waals surface area contributed by atoms with E-state index < -0.39 is 22.2 Å². The van der Waals surface area contributed by atoms with Gasteiger partial charge in [-0.05, 0) is 92.0 Å². The van der Waals surface area contributed by atoms with E-state index in [1.807, 2.05) is 6.08 Å². The Bertz CT molecular complexity index is 873. The third-order valence-corrected chi connectivity index (χ3v) is 20.4. The van der Waals surface area contributed by atoms with Crippen LogP contribution >= 0.6 is 0 Å². The molecule has 1 N–H and O–H groups in total. The first-order valence-corrected chi connectivity index (χ1v) is 21.4. The quantitative estimate of drug-likeness (QED) is 0.192. The van der Waals surface area contributed by atoms with Crippen LogP contribution in [0.25, 0.3) is 0 Å². The largest absolute Gasteiger partial charge is 0.413 e. The van der Waals surface area contributed by atoms with Gasteiger partial charge in [0.1, 0.15) is 6.10 Å². The van der Waals surface area contributed by atoms with Crippen LogP contribution in [0.3, 0.4) is 0 Å². The molecular formula is C33H60O3Si2. The average molecular weight is 561 g/mol. The van der Waals surface area contributed by atoms with Crippen molar-refractivity contribution in [3.05, 3.63) is 12.7 Å². The van der Waals surface area contributed by atoms with Gasteiger partial charge in [-0.3, -0.25) is 0 Å². The Kier molecular flexibility index (Phi) is 9.70. The summed E-state index contributed by atoms with van der Waals surface area (Å²) in [7, 11) is -3.93. The first-order chi connectivity index (χ1) is 17.4. The van der Waals surface area contributed by atoms with E-state index in [0.717, 1.165) is 19.3 Å². The molecule has 0 aromatic rings. The van der Waals surface area contributed by atoms with Gasteiger partial charge in [-0.15, -0.1) is 6.58 Å². The van der Waals surface area contributed by atoms with Crippen molar-refractivity contribution in [2.24, 2.45) is 29.6 Å². The lowest BCUT2D eigenvalue weighted by molar-refractivity contribution is -0.206. The fourth-order valence-electron chi connectivity index (χ4n) is 6.88. The normalized spacial score (nSPS) is 33.9. The van der Waals surface area contributed by atoms with Crippen LogP contribution in [0, 0.1) is 41.4 Å². The van der Waals surface area contributed by atoms with Crippen LogP contribution in [0.4, 0.5) is 0 Å². The number of rotatable bonds is 7. The lowest BCUT2D eigenvalue weighted by atomic mass is 9.45. The number of hydrogen-bond donors (Lipinski definition) is 1. The maximum absolute atomic E-state index is 11.5. The number of aliphatic hydroxyl groups is 1. The molecule has 0 amide bonds. The number of fused-ring (bicyclic) bond motifs is 1. The van der Waals surface area contributed by atoms with Gasteiger partial charge in [0.25, 0.3) is 0 Å². The Balaban J connectivity index is 2.00. The van der Waals surface area contributed by atoms with Crippen molar-refractivity contribution in [3.8, 4) is 11.8 Å². The van der Waals surface area contributed by atoms with Gasteiger partial charge >= 0.3 is 0 Å². The highest BCUT2D eigenvalue weighted by Crippen LogP contribution is 2.60. The first-order valence-electron chi connectivity index (χ1n) is 15.6. The van der Waals surface area contributed by atoms with E-state index in [1.165, 1.54) is 32.1 Å². The summed E-state index contributed by atoms with van der Waals surface area (Å²) in [6.07, 6.45) is 11.2. The summed E-state index contributed by atoms with van der Waals surface area (Å²) in [6.45, 7) is 29.7. The van der Waals surface area contributed by atoms with Gasteiger partial charge in [0, 0.05) is 5.92 Å². The molecule has 3 aliphatic carbocycles. The van der Waals surface area contributed by atoms with Crippen LogP contribution in [-0.4, -0.2) is 39.6 Å². The second kappa shape index (κ2) is 11.5. The fraction of sp³-hybridized carbons (Fsp3) is 0.879. The minimum absolute atomic E-state index is 0.00327. The van der Waals surface area contributed by atoms with Crippen LogP contribution < -0.4 is 0 Å². The second-order valence-corrected chi connectivity index (χ2v) is 25.3. The molecule has 0 aliphatic heterocycles. The summed E-state index contributed by atoms with van der Waals surface area (Å²) in [6, 6.07) is 0. The summed E-state index contributed by atoms with van der Waals surface area (Å²) in [5, 5.41) is 11.9. The molecule has 0 aromatic heterocycles. The molecule has 0 saturated heterocycles. The molecule has 3 fully saturated rings. The molecule has 218 valence electrons. The summed E-state index contributed by atoms with van der Waals surface area (Å²) in [5.41, 5.74) is -0.762. The molecular weight excluding hydrogens is 501 g/mol. The first kappa shape index (κ1) is 32.1. The molecule has 0 bridgehead atoms. The summed E-state index contributed by atoms with van der Waals surface area (Å²) in [4.78, 5) is 0. The molecule has 2 unspecified atom stereocenters. The van der Waals surface area contributed by atoms with Gasteiger partial charge in [-0.2, -0.15) is 0 Å². The van der Waals surface area contributed by atoms with E-state index >= 15 is 0 Å². The maximum Gasteiger partial charge on any atom is 0.193 e.